The lowest BCUT2D eigenvalue weighted by molar-refractivity contribution is -0.139. The van der Waals surface area contributed by atoms with Gasteiger partial charge in [0, 0.05) is 44.4 Å². The van der Waals surface area contributed by atoms with Crippen LogP contribution in [0.25, 0.3) is 0 Å². The van der Waals surface area contributed by atoms with Crippen LogP contribution in [0.15, 0.2) is 5.16 Å². The molecule has 1 amide bonds. The Morgan fingerprint density at radius 1 is 1.39 bits per heavy atom. The lowest BCUT2D eigenvalue weighted by Crippen LogP contribution is -2.44. The zero-order valence-electron chi connectivity index (χ0n) is 11.6. The van der Waals surface area contributed by atoms with E-state index in [2.05, 4.69) is 5.16 Å². The molecule has 18 heavy (non-hydrogen) atoms. The molecule has 1 heterocycles. The van der Waals surface area contributed by atoms with Crippen LogP contribution in [0.2, 0.25) is 0 Å². The minimum absolute atomic E-state index is 0.124. The molecule has 0 bridgehead atoms. The third-order valence-corrected chi connectivity index (χ3v) is 2.86. The normalized spacial score (nSPS) is 16.7. The number of rotatable bonds is 4. The summed E-state index contributed by atoms with van der Waals surface area (Å²) in [5.74, 6) is 0.197. The number of hydrogen-bond acceptors (Lipinski definition) is 4. The van der Waals surface area contributed by atoms with Gasteiger partial charge in [-0.05, 0) is 0 Å². The lowest BCUT2D eigenvalue weighted by Gasteiger charge is -2.32. The van der Waals surface area contributed by atoms with E-state index < -0.39 is 0 Å². The summed E-state index contributed by atoms with van der Waals surface area (Å²) in [5, 5.41) is 12.6. The maximum absolute atomic E-state index is 12.1. The first-order valence-corrected chi connectivity index (χ1v) is 6.53. The van der Waals surface area contributed by atoms with Gasteiger partial charge in [0.1, 0.15) is 6.61 Å². The Bertz CT molecular complexity index is 298. The van der Waals surface area contributed by atoms with Crippen molar-refractivity contribution in [3.05, 3.63) is 0 Å². The summed E-state index contributed by atoms with van der Waals surface area (Å²) < 4.78 is 0. The molecule has 1 N–H and O–H groups in total. The van der Waals surface area contributed by atoms with Crippen LogP contribution in [-0.2, 0) is 9.63 Å². The molecule has 0 aromatic rings. The van der Waals surface area contributed by atoms with Gasteiger partial charge in [-0.15, -0.1) is 0 Å². The number of likely N-dealkylation sites (tertiary alicyclic amines) is 1. The quantitative estimate of drug-likeness (QED) is 0.611. The number of nitrogens with zero attached hydrogens (tertiary/aromatic N) is 2. The van der Waals surface area contributed by atoms with E-state index in [-0.39, 0.29) is 17.9 Å². The summed E-state index contributed by atoms with van der Waals surface area (Å²) >= 11 is 0. The zero-order chi connectivity index (χ0) is 13.6. The highest BCUT2D eigenvalue weighted by Gasteiger charge is 2.29. The van der Waals surface area contributed by atoms with Gasteiger partial charge in [0.15, 0.2) is 0 Å². The van der Waals surface area contributed by atoms with Crippen molar-refractivity contribution in [2.75, 3.05) is 26.3 Å². The van der Waals surface area contributed by atoms with Crippen molar-refractivity contribution in [1.82, 2.24) is 4.90 Å². The Morgan fingerprint density at radius 3 is 2.50 bits per heavy atom. The molecule has 0 spiro atoms. The lowest BCUT2D eigenvalue weighted by atomic mass is 9.93. The second-order valence-corrected chi connectivity index (χ2v) is 5.61. The first-order valence-electron chi connectivity index (χ1n) is 6.53. The number of oxime groups is 1. The van der Waals surface area contributed by atoms with E-state index in [1.807, 2.05) is 25.7 Å². The standard InChI is InChI=1S/C13H24N2O3/c1-13(2,3)12(17)15-7-5-11(6-8-15)14-18-10-4-9-16/h16H,4-10H2,1-3H3. The highest BCUT2D eigenvalue weighted by Crippen LogP contribution is 2.20. The predicted molar refractivity (Wildman–Crippen MR) is 70.4 cm³/mol. The van der Waals surface area contributed by atoms with E-state index >= 15 is 0 Å². The fourth-order valence-corrected chi connectivity index (χ4v) is 1.80. The first-order chi connectivity index (χ1) is 8.45. The highest BCUT2D eigenvalue weighted by atomic mass is 16.6. The molecule has 0 atom stereocenters. The van der Waals surface area contributed by atoms with Crippen LogP contribution in [0.1, 0.15) is 40.0 Å². The average Bonchev–Trinajstić information content (AvgIpc) is 2.33. The fraction of sp³-hybridized carbons (Fsp3) is 0.846. The third-order valence-electron chi connectivity index (χ3n) is 2.86. The van der Waals surface area contributed by atoms with Crippen molar-refractivity contribution in [3.63, 3.8) is 0 Å². The Morgan fingerprint density at radius 2 is 2.00 bits per heavy atom. The number of aliphatic hydroxyl groups excluding tert-OH is 1. The maximum atomic E-state index is 12.1. The molecule has 1 fully saturated rings. The topological polar surface area (TPSA) is 62.1 Å². The molecular weight excluding hydrogens is 232 g/mol. The highest BCUT2D eigenvalue weighted by molar-refractivity contribution is 5.88. The molecule has 1 aliphatic rings. The molecule has 0 radical (unpaired) electrons. The van der Waals surface area contributed by atoms with Crippen molar-refractivity contribution >= 4 is 11.6 Å². The van der Waals surface area contributed by atoms with Gasteiger partial charge < -0.3 is 14.8 Å². The fourth-order valence-electron chi connectivity index (χ4n) is 1.80. The van der Waals surface area contributed by atoms with Crippen molar-refractivity contribution < 1.29 is 14.7 Å². The van der Waals surface area contributed by atoms with Crippen LogP contribution in [-0.4, -0.2) is 47.9 Å². The number of hydrogen-bond donors (Lipinski definition) is 1. The molecule has 1 saturated heterocycles. The minimum Gasteiger partial charge on any atom is -0.396 e. The van der Waals surface area contributed by atoms with Crippen LogP contribution in [0.5, 0.6) is 0 Å². The van der Waals surface area contributed by atoms with Crippen LogP contribution in [0.3, 0.4) is 0 Å². The van der Waals surface area contributed by atoms with E-state index in [1.54, 1.807) is 0 Å². The van der Waals surface area contributed by atoms with Crippen LogP contribution < -0.4 is 0 Å². The summed E-state index contributed by atoms with van der Waals surface area (Å²) in [6.45, 7) is 7.84. The van der Waals surface area contributed by atoms with Gasteiger partial charge in [0.2, 0.25) is 5.91 Å². The van der Waals surface area contributed by atoms with Crippen molar-refractivity contribution in [3.8, 4) is 0 Å². The molecule has 0 aromatic heterocycles. The largest absolute Gasteiger partial charge is 0.396 e. The van der Waals surface area contributed by atoms with Crippen molar-refractivity contribution in [2.24, 2.45) is 10.6 Å². The molecule has 1 aliphatic heterocycles. The van der Waals surface area contributed by atoms with Gasteiger partial charge in [-0.1, -0.05) is 25.9 Å². The number of carbonyl (C=O) groups excluding carboxylic acids is 1. The van der Waals surface area contributed by atoms with E-state index in [1.165, 1.54) is 0 Å². The van der Waals surface area contributed by atoms with Gasteiger partial charge >= 0.3 is 0 Å². The molecule has 1 rings (SSSR count). The second-order valence-electron chi connectivity index (χ2n) is 5.61. The second kappa shape index (κ2) is 6.73. The van der Waals surface area contributed by atoms with Crippen molar-refractivity contribution in [1.29, 1.82) is 0 Å². The first kappa shape index (κ1) is 15.0. The Balaban J connectivity index is 2.35. The van der Waals surface area contributed by atoms with E-state index in [0.29, 0.717) is 13.0 Å². The Hall–Kier alpha value is -1.10. The Labute approximate surface area is 109 Å². The maximum Gasteiger partial charge on any atom is 0.227 e. The molecule has 5 nitrogen and oxygen atoms in total. The number of piperidine rings is 1. The average molecular weight is 256 g/mol. The smallest absolute Gasteiger partial charge is 0.227 e. The SMILES string of the molecule is CC(C)(C)C(=O)N1CCC(=NOCCCO)CC1. The summed E-state index contributed by atoms with van der Waals surface area (Å²) in [7, 11) is 0. The third kappa shape index (κ3) is 4.64. The van der Waals surface area contributed by atoms with Gasteiger partial charge in [-0.25, -0.2) is 0 Å². The van der Waals surface area contributed by atoms with Crippen LogP contribution >= 0.6 is 0 Å². The van der Waals surface area contributed by atoms with Gasteiger partial charge in [0.05, 0.1) is 5.71 Å². The van der Waals surface area contributed by atoms with E-state index in [9.17, 15) is 4.79 Å². The molecule has 0 aliphatic carbocycles. The minimum atomic E-state index is -0.313. The molecular formula is C13H24N2O3. The monoisotopic (exact) mass is 256 g/mol. The molecule has 0 unspecified atom stereocenters. The number of amides is 1. The van der Waals surface area contributed by atoms with E-state index in [0.717, 1.165) is 31.6 Å². The molecule has 104 valence electrons. The van der Waals surface area contributed by atoms with Crippen LogP contribution in [0, 0.1) is 5.41 Å². The van der Waals surface area contributed by atoms with Crippen molar-refractivity contribution in [2.45, 2.75) is 40.0 Å². The summed E-state index contributed by atoms with van der Waals surface area (Å²) in [5.41, 5.74) is 0.692. The summed E-state index contributed by atoms with van der Waals surface area (Å²) in [6, 6.07) is 0. The molecule has 0 saturated carbocycles. The number of aliphatic hydroxyl groups is 1. The van der Waals surface area contributed by atoms with Gasteiger partial charge in [0.25, 0.3) is 0 Å². The Kier molecular flexibility index (Phi) is 5.59. The van der Waals surface area contributed by atoms with Crippen LogP contribution in [0.4, 0.5) is 0 Å². The number of carbonyl (C=O) groups is 1. The predicted octanol–water partition coefficient (Wildman–Crippen LogP) is 1.41. The zero-order valence-corrected chi connectivity index (χ0v) is 11.6. The summed E-state index contributed by atoms with van der Waals surface area (Å²) in [6.07, 6.45) is 2.16. The van der Waals surface area contributed by atoms with Gasteiger partial charge in [-0.3, -0.25) is 4.79 Å². The molecule has 0 aromatic carbocycles. The summed E-state index contributed by atoms with van der Waals surface area (Å²) in [4.78, 5) is 19.0. The van der Waals surface area contributed by atoms with Gasteiger partial charge in [-0.2, -0.15) is 0 Å². The van der Waals surface area contributed by atoms with E-state index in [4.69, 9.17) is 9.94 Å². The molecule has 5 heteroatoms.